The molecule has 0 unspecified atom stereocenters. The number of nitrogens with zero attached hydrogens (tertiary/aromatic N) is 2. The van der Waals surface area contributed by atoms with Crippen molar-refractivity contribution >= 4 is 27.3 Å². The summed E-state index contributed by atoms with van der Waals surface area (Å²) in [5.41, 5.74) is 3.01. The van der Waals surface area contributed by atoms with Gasteiger partial charge in [0.1, 0.15) is 5.76 Å². The monoisotopic (exact) mass is 353 g/mol. The Balaban J connectivity index is 1.88. The van der Waals surface area contributed by atoms with E-state index < -0.39 is 4.92 Å². The van der Waals surface area contributed by atoms with Gasteiger partial charge >= 0.3 is 0 Å². The van der Waals surface area contributed by atoms with E-state index in [4.69, 9.17) is 4.52 Å². The van der Waals surface area contributed by atoms with Gasteiger partial charge in [-0.05, 0) is 48.7 Å². The smallest absolute Gasteiger partial charge is 0.270 e. The van der Waals surface area contributed by atoms with Crippen LogP contribution < -0.4 is 5.32 Å². The zero-order chi connectivity index (χ0) is 15.4. The maximum atomic E-state index is 10.7. The van der Waals surface area contributed by atoms with Crippen LogP contribution in [0.1, 0.15) is 23.4 Å². The van der Waals surface area contributed by atoms with Crippen LogP contribution in [0.25, 0.3) is 0 Å². The van der Waals surface area contributed by atoms with Crippen molar-refractivity contribution in [1.29, 1.82) is 0 Å². The Kier molecular flexibility index (Phi) is 4.95. The number of aromatic nitrogens is 1. The molecule has 0 aliphatic carbocycles. The minimum Gasteiger partial charge on any atom is -0.384 e. The molecule has 0 saturated heterocycles. The predicted molar refractivity (Wildman–Crippen MR) is 83.6 cm³/mol. The van der Waals surface area contributed by atoms with E-state index in [-0.39, 0.29) is 5.69 Å². The van der Waals surface area contributed by atoms with Crippen molar-refractivity contribution in [3.8, 4) is 0 Å². The molecule has 7 heteroatoms. The molecule has 2 aromatic rings. The molecule has 0 bridgehead atoms. The fourth-order valence-corrected chi connectivity index (χ4v) is 2.61. The molecule has 1 N–H and O–H groups in total. The van der Waals surface area contributed by atoms with Gasteiger partial charge in [0.25, 0.3) is 5.69 Å². The van der Waals surface area contributed by atoms with Crippen molar-refractivity contribution in [3.05, 3.63) is 49.8 Å². The first kappa shape index (κ1) is 15.5. The zero-order valence-corrected chi connectivity index (χ0v) is 13.4. The third-order valence-corrected chi connectivity index (χ3v) is 3.92. The summed E-state index contributed by atoms with van der Waals surface area (Å²) < 4.78 is 5.81. The first-order valence-corrected chi connectivity index (χ1v) is 7.38. The van der Waals surface area contributed by atoms with Crippen LogP contribution in [0.5, 0.6) is 0 Å². The number of hydrogen-bond donors (Lipinski definition) is 1. The van der Waals surface area contributed by atoms with E-state index in [1.807, 2.05) is 13.8 Å². The van der Waals surface area contributed by atoms with Gasteiger partial charge in [0.05, 0.1) is 10.6 Å². The van der Waals surface area contributed by atoms with Crippen LogP contribution in [-0.2, 0) is 6.42 Å². The Hall–Kier alpha value is -1.89. The Morgan fingerprint density at radius 1 is 1.43 bits per heavy atom. The summed E-state index contributed by atoms with van der Waals surface area (Å²) >= 11 is 3.34. The molecule has 0 radical (unpaired) electrons. The largest absolute Gasteiger partial charge is 0.384 e. The van der Waals surface area contributed by atoms with Crippen LogP contribution in [-0.4, -0.2) is 16.6 Å². The number of hydrogen-bond acceptors (Lipinski definition) is 5. The van der Waals surface area contributed by atoms with Crippen molar-refractivity contribution in [2.75, 3.05) is 11.9 Å². The molecule has 0 spiro atoms. The second kappa shape index (κ2) is 6.71. The fraction of sp³-hybridized carbons (Fsp3) is 0.357. The summed E-state index contributed by atoms with van der Waals surface area (Å²) in [5.74, 6) is 0.865. The van der Waals surface area contributed by atoms with Gasteiger partial charge in [-0.1, -0.05) is 5.16 Å². The van der Waals surface area contributed by atoms with E-state index in [0.717, 1.165) is 42.1 Å². The van der Waals surface area contributed by atoms with Crippen molar-refractivity contribution in [1.82, 2.24) is 5.16 Å². The molecule has 0 aliphatic heterocycles. The first-order chi connectivity index (χ1) is 9.99. The van der Waals surface area contributed by atoms with E-state index in [9.17, 15) is 10.1 Å². The van der Waals surface area contributed by atoms with Crippen LogP contribution in [0, 0.1) is 24.0 Å². The van der Waals surface area contributed by atoms with E-state index in [1.54, 1.807) is 6.07 Å². The highest BCUT2D eigenvalue weighted by Gasteiger charge is 2.10. The Morgan fingerprint density at radius 3 is 2.76 bits per heavy atom. The number of aryl methyl sites for hydroxylation is 2. The van der Waals surface area contributed by atoms with Crippen molar-refractivity contribution in [2.24, 2.45) is 0 Å². The number of rotatable bonds is 6. The molecule has 21 heavy (non-hydrogen) atoms. The molecular weight excluding hydrogens is 338 g/mol. The molecule has 2 rings (SSSR count). The molecule has 1 aromatic heterocycles. The number of non-ortho nitro benzene ring substituents is 1. The minimum absolute atomic E-state index is 0.0724. The lowest BCUT2D eigenvalue weighted by Gasteiger charge is -2.08. The fourth-order valence-electron chi connectivity index (χ4n) is 2.11. The maximum Gasteiger partial charge on any atom is 0.270 e. The van der Waals surface area contributed by atoms with Crippen molar-refractivity contribution in [3.63, 3.8) is 0 Å². The SMILES string of the molecule is Cc1noc(C)c1CCCNc1ccc([N+](=O)[O-])cc1Br. The second-order valence-electron chi connectivity index (χ2n) is 4.75. The van der Waals surface area contributed by atoms with Crippen molar-refractivity contribution in [2.45, 2.75) is 26.7 Å². The van der Waals surface area contributed by atoms with Crippen LogP contribution in [0.4, 0.5) is 11.4 Å². The van der Waals surface area contributed by atoms with Gasteiger partial charge in [-0.2, -0.15) is 0 Å². The highest BCUT2D eigenvalue weighted by molar-refractivity contribution is 9.10. The molecule has 1 aromatic carbocycles. The van der Waals surface area contributed by atoms with Gasteiger partial charge < -0.3 is 9.84 Å². The lowest BCUT2D eigenvalue weighted by atomic mass is 10.1. The van der Waals surface area contributed by atoms with Crippen LogP contribution in [0.3, 0.4) is 0 Å². The van der Waals surface area contributed by atoms with Crippen molar-refractivity contribution < 1.29 is 9.45 Å². The van der Waals surface area contributed by atoms with E-state index in [0.29, 0.717) is 4.47 Å². The van der Waals surface area contributed by atoms with E-state index in [2.05, 4.69) is 26.4 Å². The normalized spacial score (nSPS) is 10.6. The Labute approximate surface area is 130 Å². The molecule has 6 nitrogen and oxygen atoms in total. The molecule has 112 valence electrons. The molecule has 0 saturated carbocycles. The Bertz CT molecular complexity index is 635. The summed E-state index contributed by atoms with van der Waals surface area (Å²) in [5, 5.41) is 17.9. The molecular formula is C14H16BrN3O3. The van der Waals surface area contributed by atoms with Crippen LogP contribution in [0.2, 0.25) is 0 Å². The van der Waals surface area contributed by atoms with Crippen LogP contribution >= 0.6 is 15.9 Å². The lowest BCUT2D eigenvalue weighted by molar-refractivity contribution is -0.384. The van der Waals surface area contributed by atoms with Gasteiger partial charge in [0.2, 0.25) is 0 Å². The molecule has 1 heterocycles. The van der Waals surface area contributed by atoms with E-state index in [1.165, 1.54) is 12.1 Å². The molecule has 0 fully saturated rings. The zero-order valence-electron chi connectivity index (χ0n) is 11.9. The molecule has 0 aliphatic rings. The standard InChI is InChI=1S/C14H16BrN3O3/c1-9-12(10(2)21-17-9)4-3-7-16-14-6-5-11(18(19)20)8-13(14)15/h5-6,8,16H,3-4,7H2,1-2H3. The highest BCUT2D eigenvalue weighted by atomic mass is 79.9. The van der Waals surface area contributed by atoms with Gasteiger partial charge in [-0.3, -0.25) is 10.1 Å². The average Bonchev–Trinajstić information content (AvgIpc) is 2.76. The van der Waals surface area contributed by atoms with Crippen LogP contribution in [0.15, 0.2) is 27.2 Å². The highest BCUT2D eigenvalue weighted by Crippen LogP contribution is 2.27. The lowest BCUT2D eigenvalue weighted by Crippen LogP contribution is -2.04. The predicted octanol–water partition coefficient (Wildman–Crippen LogP) is 4.01. The molecule has 0 atom stereocenters. The summed E-state index contributed by atoms with van der Waals surface area (Å²) in [4.78, 5) is 10.3. The third kappa shape index (κ3) is 3.81. The number of nitro benzene ring substituents is 1. The van der Waals surface area contributed by atoms with Gasteiger partial charge in [0, 0.05) is 34.4 Å². The van der Waals surface area contributed by atoms with Gasteiger partial charge in [0.15, 0.2) is 0 Å². The summed E-state index contributed by atoms with van der Waals surface area (Å²) in [6, 6.07) is 4.69. The minimum atomic E-state index is -0.411. The second-order valence-corrected chi connectivity index (χ2v) is 5.61. The summed E-state index contributed by atoms with van der Waals surface area (Å²) in [6.07, 6.45) is 1.81. The topological polar surface area (TPSA) is 81.2 Å². The Morgan fingerprint density at radius 2 is 2.19 bits per heavy atom. The molecule has 0 amide bonds. The van der Waals surface area contributed by atoms with E-state index >= 15 is 0 Å². The van der Waals surface area contributed by atoms with Gasteiger partial charge in [-0.25, -0.2) is 0 Å². The first-order valence-electron chi connectivity index (χ1n) is 6.58. The average molecular weight is 354 g/mol. The third-order valence-electron chi connectivity index (χ3n) is 3.26. The number of nitro groups is 1. The maximum absolute atomic E-state index is 10.7. The van der Waals surface area contributed by atoms with Gasteiger partial charge in [-0.15, -0.1) is 0 Å². The quantitative estimate of drug-likeness (QED) is 0.482. The number of anilines is 1. The number of halogens is 1. The number of nitrogens with one attached hydrogen (secondary N) is 1. The number of benzene rings is 1. The summed E-state index contributed by atoms with van der Waals surface area (Å²) in [7, 11) is 0. The summed E-state index contributed by atoms with van der Waals surface area (Å²) in [6.45, 7) is 4.61.